The minimum absolute atomic E-state index is 0.298. The Kier molecular flexibility index (Phi) is 6.23. The third-order valence-corrected chi connectivity index (χ3v) is 6.85. The Hall–Kier alpha value is -2.28. The summed E-state index contributed by atoms with van der Waals surface area (Å²) in [5.74, 6) is -0.332. The molecule has 4 heterocycles. The number of rotatable bonds is 6. The van der Waals surface area contributed by atoms with Crippen LogP contribution in [-0.4, -0.2) is 36.0 Å². The van der Waals surface area contributed by atoms with Gasteiger partial charge in [0.2, 0.25) is 0 Å². The number of nitrogens with one attached hydrogen (secondary N) is 2. The van der Waals surface area contributed by atoms with Crippen LogP contribution >= 0.6 is 50.8 Å². The first-order chi connectivity index (χ1) is 14.1. The predicted octanol–water partition coefficient (Wildman–Crippen LogP) is 4.68. The molecule has 0 aliphatic rings. The van der Waals surface area contributed by atoms with E-state index in [0.29, 0.717) is 25.9 Å². The summed E-state index contributed by atoms with van der Waals surface area (Å²) in [6.45, 7) is 1.92. The van der Waals surface area contributed by atoms with E-state index in [-0.39, 0.29) is 5.91 Å². The van der Waals surface area contributed by atoms with Crippen LogP contribution in [0, 0.1) is 6.92 Å². The second-order valence-electron chi connectivity index (χ2n) is 5.52. The largest absolute Gasteiger partial charge is 0.296 e. The third-order valence-electron chi connectivity index (χ3n) is 3.52. The molecule has 0 unspecified atom stereocenters. The number of aryl methyl sites for hydroxylation is 1. The van der Waals surface area contributed by atoms with Crippen LogP contribution in [0.3, 0.4) is 0 Å². The van der Waals surface area contributed by atoms with E-state index in [9.17, 15) is 4.79 Å². The van der Waals surface area contributed by atoms with Crippen LogP contribution < -0.4 is 5.32 Å². The molecule has 4 aromatic rings. The number of nitrogens with zero attached hydrogens (tertiary/aromatic N) is 5. The molecule has 29 heavy (non-hydrogen) atoms. The maximum atomic E-state index is 12.9. The topological polar surface area (TPSA) is 109 Å². The number of carbonyl (C=O) groups excluding carboxylic acids is 1. The number of hydrogen-bond acceptors (Lipinski definition) is 9. The van der Waals surface area contributed by atoms with E-state index < -0.39 is 0 Å². The van der Waals surface area contributed by atoms with E-state index in [1.807, 2.05) is 25.1 Å². The SMILES string of the molecule is Cc1ncc(Sc2ccc(Sc3ncn[nH]3)nc2C(=O)Nc2nccs2)cc1Br. The van der Waals surface area contributed by atoms with Crippen LogP contribution in [0.15, 0.2) is 66.7 Å². The molecule has 0 saturated heterocycles. The van der Waals surface area contributed by atoms with Gasteiger partial charge in [0.1, 0.15) is 17.0 Å². The number of amides is 1. The number of thiazole rings is 1. The normalized spacial score (nSPS) is 10.8. The standard InChI is InChI=1S/C17H12BrN7OS3/c1-9-11(18)6-10(7-20-9)28-12-2-3-13(29-17-21-8-22-25-17)23-14(12)15(26)24-16-19-4-5-27-16/h2-8H,1H3,(H,19,24,26)(H,21,22,25). The van der Waals surface area contributed by atoms with Crippen molar-refractivity contribution in [3.8, 4) is 0 Å². The number of aromatic nitrogens is 6. The van der Waals surface area contributed by atoms with E-state index in [1.165, 1.54) is 41.2 Å². The summed E-state index contributed by atoms with van der Waals surface area (Å²) in [4.78, 5) is 31.6. The first kappa shape index (κ1) is 20.0. The summed E-state index contributed by atoms with van der Waals surface area (Å²) in [6.07, 6.45) is 4.82. The molecule has 4 rings (SSSR count). The van der Waals surface area contributed by atoms with Gasteiger partial charge in [0, 0.05) is 32.0 Å². The number of pyridine rings is 2. The summed E-state index contributed by atoms with van der Waals surface area (Å²) in [5.41, 5.74) is 1.19. The second kappa shape index (κ2) is 9.03. The van der Waals surface area contributed by atoms with Crippen molar-refractivity contribution in [3.05, 3.63) is 58.2 Å². The number of halogens is 1. The van der Waals surface area contributed by atoms with Crippen LogP contribution in [0.2, 0.25) is 0 Å². The van der Waals surface area contributed by atoms with Crippen LogP contribution in [-0.2, 0) is 0 Å². The van der Waals surface area contributed by atoms with Gasteiger partial charge in [-0.1, -0.05) is 11.8 Å². The lowest BCUT2D eigenvalue weighted by Crippen LogP contribution is -2.15. The third kappa shape index (κ3) is 5.01. The number of H-pyrrole nitrogens is 1. The van der Waals surface area contributed by atoms with Crippen molar-refractivity contribution in [3.63, 3.8) is 0 Å². The zero-order valence-electron chi connectivity index (χ0n) is 14.8. The van der Waals surface area contributed by atoms with Gasteiger partial charge in [-0.3, -0.25) is 20.2 Å². The fourth-order valence-corrected chi connectivity index (χ4v) is 4.79. The molecule has 12 heteroatoms. The first-order valence-corrected chi connectivity index (χ1v) is 11.4. The summed E-state index contributed by atoms with van der Waals surface area (Å²) >= 11 is 7.55. The number of aromatic amines is 1. The molecular formula is C17H12BrN7OS3. The second-order valence-corrected chi connectivity index (χ2v) is 9.39. The molecule has 0 spiro atoms. The van der Waals surface area contributed by atoms with Crippen LogP contribution in [0.5, 0.6) is 0 Å². The van der Waals surface area contributed by atoms with Gasteiger partial charge in [0.05, 0.1) is 5.69 Å². The van der Waals surface area contributed by atoms with Crippen LogP contribution in [0.4, 0.5) is 5.13 Å². The highest BCUT2D eigenvalue weighted by Gasteiger charge is 2.18. The molecule has 0 aliphatic carbocycles. The molecule has 1 amide bonds. The molecule has 146 valence electrons. The van der Waals surface area contributed by atoms with E-state index in [1.54, 1.807) is 17.8 Å². The molecule has 8 nitrogen and oxygen atoms in total. The first-order valence-electron chi connectivity index (χ1n) is 8.13. The highest BCUT2D eigenvalue weighted by molar-refractivity contribution is 9.10. The van der Waals surface area contributed by atoms with Crippen LogP contribution in [0.1, 0.15) is 16.2 Å². The molecule has 2 N–H and O–H groups in total. The Morgan fingerprint density at radius 1 is 1.24 bits per heavy atom. The fraction of sp³-hybridized carbons (Fsp3) is 0.0588. The van der Waals surface area contributed by atoms with Crippen molar-refractivity contribution in [1.82, 2.24) is 30.1 Å². The monoisotopic (exact) mass is 505 g/mol. The molecule has 0 bridgehead atoms. The molecule has 0 fully saturated rings. The van der Waals surface area contributed by atoms with Gasteiger partial charge in [-0.2, -0.15) is 5.10 Å². The van der Waals surface area contributed by atoms with Gasteiger partial charge < -0.3 is 0 Å². The number of anilines is 1. The van der Waals surface area contributed by atoms with Gasteiger partial charge in [-0.15, -0.1) is 11.3 Å². The maximum Gasteiger partial charge on any atom is 0.277 e. The van der Waals surface area contributed by atoms with Gasteiger partial charge >= 0.3 is 0 Å². The van der Waals surface area contributed by atoms with Crippen molar-refractivity contribution in [2.24, 2.45) is 0 Å². The minimum atomic E-state index is -0.332. The lowest BCUT2D eigenvalue weighted by Gasteiger charge is -2.10. The molecule has 0 radical (unpaired) electrons. The average Bonchev–Trinajstić information content (AvgIpc) is 3.40. The van der Waals surface area contributed by atoms with E-state index in [0.717, 1.165) is 15.1 Å². The number of hydrogen-bond donors (Lipinski definition) is 2. The summed E-state index contributed by atoms with van der Waals surface area (Å²) in [6, 6.07) is 5.67. The molecule has 0 aromatic carbocycles. The lowest BCUT2D eigenvalue weighted by atomic mass is 10.3. The van der Waals surface area contributed by atoms with Gasteiger partial charge in [-0.05, 0) is 52.8 Å². The zero-order chi connectivity index (χ0) is 20.2. The van der Waals surface area contributed by atoms with Crippen molar-refractivity contribution >= 4 is 61.8 Å². The summed E-state index contributed by atoms with van der Waals surface area (Å²) < 4.78 is 0.904. The van der Waals surface area contributed by atoms with E-state index in [4.69, 9.17) is 0 Å². The Balaban J connectivity index is 1.66. The highest BCUT2D eigenvalue weighted by atomic mass is 79.9. The van der Waals surface area contributed by atoms with E-state index >= 15 is 0 Å². The van der Waals surface area contributed by atoms with Crippen molar-refractivity contribution in [1.29, 1.82) is 0 Å². The Labute approximate surface area is 186 Å². The minimum Gasteiger partial charge on any atom is -0.296 e. The van der Waals surface area contributed by atoms with Gasteiger partial charge in [0.25, 0.3) is 5.91 Å². The predicted molar refractivity (Wildman–Crippen MR) is 116 cm³/mol. The quantitative estimate of drug-likeness (QED) is 0.388. The van der Waals surface area contributed by atoms with Crippen LogP contribution in [0.25, 0.3) is 0 Å². The Bertz CT molecular complexity index is 1140. The molecule has 4 aromatic heterocycles. The summed E-state index contributed by atoms with van der Waals surface area (Å²) in [5, 5.41) is 12.9. The smallest absolute Gasteiger partial charge is 0.277 e. The maximum absolute atomic E-state index is 12.9. The van der Waals surface area contributed by atoms with Crippen molar-refractivity contribution < 1.29 is 4.79 Å². The van der Waals surface area contributed by atoms with E-state index in [2.05, 4.69) is 51.4 Å². The Morgan fingerprint density at radius 2 is 2.14 bits per heavy atom. The molecule has 0 aliphatic heterocycles. The molecular weight excluding hydrogens is 494 g/mol. The lowest BCUT2D eigenvalue weighted by molar-refractivity contribution is 0.101. The van der Waals surface area contributed by atoms with Crippen molar-refractivity contribution in [2.75, 3.05) is 5.32 Å². The summed E-state index contributed by atoms with van der Waals surface area (Å²) in [7, 11) is 0. The molecule has 0 saturated carbocycles. The highest BCUT2D eigenvalue weighted by Crippen LogP contribution is 2.34. The Morgan fingerprint density at radius 3 is 2.86 bits per heavy atom. The van der Waals surface area contributed by atoms with Gasteiger partial charge in [0.15, 0.2) is 10.3 Å². The number of carbonyl (C=O) groups is 1. The van der Waals surface area contributed by atoms with Crippen molar-refractivity contribution in [2.45, 2.75) is 26.9 Å². The molecule has 0 atom stereocenters. The zero-order valence-corrected chi connectivity index (χ0v) is 18.8. The average molecular weight is 506 g/mol. The van der Waals surface area contributed by atoms with Gasteiger partial charge in [-0.25, -0.2) is 15.0 Å². The fourth-order valence-electron chi connectivity index (χ4n) is 2.19.